The Morgan fingerprint density at radius 2 is 2.30 bits per heavy atom. The van der Waals surface area contributed by atoms with Crippen LogP contribution in [0.4, 0.5) is 5.69 Å². The van der Waals surface area contributed by atoms with Crippen molar-refractivity contribution < 1.29 is 9.53 Å². The molecule has 1 aromatic carbocycles. The summed E-state index contributed by atoms with van der Waals surface area (Å²) < 4.78 is 7.75. The van der Waals surface area contributed by atoms with E-state index in [2.05, 4.69) is 15.3 Å². The number of aromatic nitrogens is 2. The van der Waals surface area contributed by atoms with E-state index in [1.165, 1.54) is 5.56 Å². The number of amides is 1. The zero-order valence-electron chi connectivity index (χ0n) is 13.2. The number of nitrogens with one attached hydrogen (secondary N) is 1. The van der Waals surface area contributed by atoms with Crippen molar-refractivity contribution in [3.63, 3.8) is 0 Å². The second kappa shape index (κ2) is 5.70. The molecule has 0 saturated carbocycles. The van der Waals surface area contributed by atoms with Gasteiger partial charge in [0.2, 0.25) is 5.91 Å². The zero-order chi connectivity index (χ0) is 15.8. The zero-order valence-corrected chi connectivity index (χ0v) is 13.2. The first-order valence-electron chi connectivity index (χ1n) is 7.94. The summed E-state index contributed by atoms with van der Waals surface area (Å²) in [7, 11) is 1.94. The average molecular weight is 312 g/mol. The molecule has 1 saturated heterocycles. The predicted molar refractivity (Wildman–Crippen MR) is 86.3 cm³/mol. The fourth-order valence-electron chi connectivity index (χ4n) is 3.01. The van der Waals surface area contributed by atoms with Crippen LogP contribution in [0.3, 0.4) is 0 Å². The van der Waals surface area contributed by atoms with Crippen LogP contribution in [0.1, 0.15) is 17.5 Å². The number of hydrogen-bond donors (Lipinski definition) is 1. The van der Waals surface area contributed by atoms with Crippen LogP contribution in [0.15, 0.2) is 30.6 Å². The van der Waals surface area contributed by atoms with Gasteiger partial charge in [0.15, 0.2) is 0 Å². The monoisotopic (exact) mass is 312 g/mol. The van der Waals surface area contributed by atoms with Crippen LogP contribution < -0.4 is 10.1 Å². The Morgan fingerprint density at radius 3 is 3.13 bits per heavy atom. The first kappa shape index (κ1) is 14.3. The smallest absolute Gasteiger partial charge is 0.224 e. The molecule has 1 amide bonds. The molecule has 120 valence electrons. The standard InChI is InChI=1S/C17H20N4O2/c1-20-8-12(7-18-20)9-21-10-14(21)11-23-15-3-4-16-13(6-15)2-5-17(22)19-16/h3-4,6-8,14H,2,5,9-11H2,1H3,(H,19,22). The molecule has 0 aliphatic carbocycles. The van der Waals surface area contributed by atoms with Crippen molar-refractivity contribution in [2.75, 3.05) is 18.5 Å². The van der Waals surface area contributed by atoms with E-state index in [-0.39, 0.29) is 5.91 Å². The quantitative estimate of drug-likeness (QED) is 0.852. The van der Waals surface area contributed by atoms with Crippen LogP contribution in [-0.4, -0.2) is 39.8 Å². The molecule has 1 N–H and O–H groups in total. The third-order valence-corrected chi connectivity index (χ3v) is 4.39. The van der Waals surface area contributed by atoms with E-state index in [1.54, 1.807) is 0 Å². The molecule has 0 bridgehead atoms. The highest BCUT2D eigenvalue weighted by Gasteiger charge is 2.34. The minimum absolute atomic E-state index is 0.0928. The average Bonchev–Trinajstić information content (AvgIpc) is 3.15. The van der Waals surface area contributed by atoms with Gasteiger partial charge in [-0.2, -0.15) is 5.10 Å². The van der Waals surface area contributed by atoms with Gasteiger partial charge in [-0.3, -0.25) is 14.4 Å². The molecule has 6 nitrogen and oxygen atoms in total. The lowest BCUT2D eigenvalue weighted by Crippen LogP contribution is -2.19. The number of aryl methyl sites for hydroxylation is 2. The largest absolute Gasteiger partial charge is 0.492 e. The van der Waals surface area contributed by atoms with Crippen molar-refractivity contribution in [1.82, 2.24) is 14.7 Å². The van der Waals surface area contributed by atoms with Crippen molar-refractivity contribution >= 4 is 11.6 Å². The van der Waals surface area contributed by atoms with E-state index in [0.29, 0.717) is 19.1 Å². The van der Waals surface area contributed by atoms with Gasteiger partial charge in [0, 0.05) is 44.0 Å². The van der Waals surface area contributed by atoms with E-state index in [4.69, 9.17) is 4.74 Å². The maximum atomic E-state index is 11.4. The molecule has 0 radical (unpaired) electrons. The highest BCUT2D eigenvalue weighted by Crippen LogP contribution is 2.28. The number of anilines is 1. The number of fused-ring (bicyclic) bond motifs is 1. The number of ether oxygens (including phenoxy) is 1. The summed E-state index contributed by atoms with van der Waals surface area (Å²) in [6, 6.07) is 6.38. The molecule has 2 aromatic rings. The summed E-state index contributed by atoms with van der Waals surface area (Å²) in [6.45, 7) is 2.69. The minimum atomic E-state index is 0.0928. The molecule has 2 aliphatic rings. The second-order valence-electron chi connectivity index (χ2n) is 6.28. The molecule has 1 fully saturated rings. The summed E-state index contributed by atoms with van der Waals surface area (Å²) in [4.78, 5) is 13.7. The third-order valence-electron chi connectivity index (χ3n) is 4.39. The highest BCUT2D eigenvalue weighted by atomic mass is 16.5. The minimum Gasteiger partial charge on any atom is -0.492 e. The van der Waals surface area contributed by atoms with E-state index in [9.17, 15) is 4.79 Å². The van der Waals surface area contributed by atoms with Gasteiger partial charge in [0.25, 0.3) is 0 Å². The summed E-state index contributed by atoms with van der Waals surface area (Å²) in [5.41, 5.74) is 3.31. The Bertz CT molecular complexity index is 740. The van der Waals surface area contributed by atoms with Crippen molar-refractivity contribution in [2.24, 2.45) is 7.05 Å². The maximum absolute atomic E-state index is 11.4. The fraction of sp³-hybridized carbons (Fsp3) is 0.412. The van der Waals surface area contributed by atoms with E-state index in [1.807, 2.05) is 42.3 Å². The van der Waals surface area contributed by atoms with Gasteiger partial charge in [-0.1, -0.05) is 0 Å². The fourth-order valence-corrected chi connectivity index (χ4v) is 3.01. The number of carbonyl (C=O) groups excluding carboxylic acids is 1. The Labute approximate surface area is 135 Å². The van der Waals surface area contributed by atoms with Crippen LogP contribution in [0.2, 0.25) is 0 Å². The summed E-state index contributed by atoms with van der Waals surface area (Å²) in [5.74, 6) is 0.975. The van der Waals surface area contributed by atoms with Crippen molar-refractivity contribution in [3.8, 4) is 5.75 Å². The number of hydrogen-bond acceptors (Lipinski definition) is 4. The molecular formula is C17H20N4O2. The van der Waals surface area contributed by atoms with Gasteiger partial charge >= 0.3 is 0 Å². The van der Waals surface area contributed by atoms with Gasteiger partial charge < -0.3 is 10.1 Å². The molecule has 2 atom stereocenters. The highest BCUT2D eigenvalue weighted by molar-refractivity contribution is 5.93. The summed E-state index contributed by atoms with van der Waals surface area (Å²) >= 11 is 0. The predicted octanol–water partition coefficient (Wildman–Crippen LogP) is 1.57. The van der Waals surface area contributed by atoms with Gasteiger partial charge in [0.05, 0.1) is 12.2 Å². The Morgan fingerprint density at radius 1 is 1.39 bits per heavy atom. The third kappa shape index (κ3) is 3.22. The Hall–Kier alpha value is -2.34. The number of rotatable bonds is 5. The molecular weight excluding hydrogens is 292 g/mol. The maximum Gasteiger partial charge on any atom is 0.224 e. The molecule has 23 heavy (non-hydrogen) atoms. The van der Waals surface area contributed by atoms with Gasteiger partial charge in [-0.25, -0.2) is 0 Å². The first-order chi connectivity index (χ1) is 11.2. The van der Waals surface area contributed by atoms with Crippen LogP contribution in [0.5, 0.6) is 5.75 Å². The number of carbonyl (C=O) groups is 1. The van der Waals surface area contributed by atoms with Crippen molar-refractivity contribution in [3.05, 3.63) is 41.7 Å². The van der Waals surface area contributed by atoms with Crippen molar-refractivity contribution in [2.45, 2.75) is 25.4 Å². The van der Waals surface area contributed by atoms with Crippen LogP contribution >= 0.6 is 0 Å². The Kier molecular flexibility index (Phi) is 3.53. The molecule has 6 heteroatoms. The second-order valence-corrected chi connectivity index (χ2v) is 6.28. The lowest BCUT2D eigenvalue weighted by atomic mass is 10.0. The lowest BCUT2D eigenvalue weighted by molar-refractivity contribution is -0.116. The number of benzene rings is 1. The lowest BCUT2D eigenvalue weighted by Gasteiger charge is -2.17. The first-order valence-corrected chi connectivity index (χ1v) is 7.94. The normalized spacial score (nSPS) is 22.4. The summed E-state index contributed by atoms with van der Waals surface area (Å²) in [5, 5.41) is 7.08. The topological polar surface area (TPSA) is 59.2 Å². The summed E-state index contributed by atoms with van der Waals surface area (Å²) in [6.07, 6.45) is 5.30. The number of nitrogens with zero attached hydrogens (tertiary/aromatic N) is 3. The van der Waals surface area contributed by atoms with Gasteiger partial charge in [-0.05, 0) is 30.2 Å². The molecule has 2 aliphatic heterocycles. The van der Waals surface area contributed by atoms with Gasteiger partial charge in [-0.15, -0.1) is 0 Å². The molecule has 4 rings (SSSR count). The molecule has 2 unspecified atom stereocenters. The molecule has 1 aromatic heterocycles. The van der Waals surface area contributed by atoms with Crippen molar-refractivity contribution in [1.29, 1.82) is 0 Å². The van der Waals surface area contributed by atoms with E-state index in [0.717, 1.165) is 36.5 Å². The molecule has 3 heterocycles. The van der Waals surface area contributed by atoms with Crippen LogP contribution in [-0.2, 0) is 24.8 Å². The Balaban J connectivity index is 1.30. The van der Waals surface area contributed by atoms with E-state index < -0.39 is 0 Å². The van der Waals surface area contributed by atoms with Crippen LogP contribution in [0.25, 0.3) is 0 Å². The SMILES string of the molecule is Cn1cc(CN2CC2COc2ccc3c(c2)CCC(=O)N3)cn1. The molecule has 0 spiro atoms. The van der Waals surface area contributed by atoms with Crippen LogP contribution in [0, 0.1) is 0 Å². The van der Waals surface area contributed by atoms with Gasteiger partial charge in [0.1, 0.15) is 12.4 Å². The van der Waals surface area contributed by atoms with E-state index >= 15 is 0 Å².